The Morgan fingerprint density at radius 1 is 1.11 bits per heavy atom. The number of likely N-dealkylation sites (tertiary alicyclic amines) is 1. The molecule has 0 saturated carbocycles. The van der Waals surface area contributed by atoms with Gasteiger partial charge in [0.15, 0.2) is 0 Å². The van der Waals surface area contributed by atoms with Gasteiger partial charge >= 0.3 is 0 Å². The molecule has 0 radical (unpaired) electrons. The van der Waals surface area contributed by atoms with E-state index in [9.17, 15) is 10.1 Å². The number of aliphatic imine (C=N–C) groups is 1. The fraction of sp³-hybridized carbons (Fsp3) is 0.310. The van der Waals surface area contributed by atoms with Gasteiger partial charge in [-0.3, -0.25) is 9.79 Å². The van der Waals surface area contributed by atoms with Crippen LogP contribution in [0, 0.1) is 17.2 Å². The van der Waals surface area contributed by atoms with E-state index in [1.807, 2.05) is 30.5 Å². The predicted molar refractivity (Wildman–Crippen MR) is 148 cm³/mol. The molecule has 3 aromatic rings. The zero-order valence-electron chi connectivity index (χ0n) is 20.9. The Labute approximate surface area is 218 Å². The lowest BCUT2D eigenvalue weighted by molar-refractivity contribution is 0.126. The summed E-state index contributed by atoms with van der Waals surface area (Å²) in [6.07, 6.45) is 4.23. The molecule has 2 aromatic carbocycles. The number of nitrogens with zero attached hydrogens (tertiary/aromatic N) is 5. The third-order valence-corrected chi connectivity index (χ3v) is 8.06. The predicted octanol–water partition coefficient (Wildman–Crippen LogP) is 4.79. The molecule has 2 aliphatic heterocycles. The zero-order valence-corrected chi connectivity index (χ0v) is 21.9. The van der Waals surface area contributed by atoms with Crippen molar-refractivity contribution < 1.29 is 4.74 Å². The number of rotatable bonds is 7. The van der Waals surface area contributed by atoms with Crippen molar-refractivity contribution in [2.45, 2.75) is 25.2 Å². The van der Waals surface area contributed by atoms with Crippen LogP contribution in [0.2, 0.25) is 0 Å². The van der Waals surface area contributed by atoms with Crippen molar-refractivity contribution in [3.63, 3.8) is 0 Å². The Balaban J connectivity index is 1.23. The largest absolute Gasteiger partial charge is 0.492 e. The van der Waals surface area contributed by atoms with Crippen LogP contribution in [0.1, 0.15) is 35.3 Å². The van der Waals surface area contributed by atoms with Crippen LogP contribution < -0.4 is 5.56 Å². The summed E-state index contributed by atoms with van der Waals surface area (Å²) in [7, 11) is 2.67. The number of hydrogen-bond donors (Lipinski definition) is 0. The molecule has 37 heavy (non-hydrogen) atoms. The third-order valence-electron chi connectivity index (χ3n) is 6.81. The first-order valence-corrected chi connectivity index (χ1v) is 13.7. The number of hydrogen-bond acceptors (Lipinski definition) is 6. The summed E-state index contributed by atoms with van der Waals surface area (Å²) in [5.41, 5.74) is 3.96. The highest BCUT2D eigenvalue weighted by atomic mass is 31.1. The van der Waals surface area contributed by atoms with E-state index in [2.05, 4.69) is 41.1 Å². The number of ether oxygens (including phenoxy) is 1. The van der Waals surface area contributed by atoms with Gasteiger partial charge in [-0.25, -0.2) is 4.68 Å². The van der Waals surface area contributed by atoms with Crippen LogP contribution in [0.25, 0.3) is 11.3 Å². The Morgan fingerprint density at radius 3 is 2.73 bits per heavy atom. The molecule has 1 fully saturated rings. The highest BCUT2D eigenvalue weighted by molar-refractivity contribution is 7.42. The molecule has 8 heteroatoms. The Kier molecular flexibility index (Phi) is 7.89. The van der Waals surface area contributed by atoms with E-state index in [0.29, 0.717) is 32.3 Å². The van der Waals surface area contributed by atoms with E-state index in [4.69, 9.17) is 9.73 Å². The first kappa shape index (κ1) is 25.1. The molecule has 2 aliphatic rings. The van der Waals surface area contributed by atoms with E-state index in [0.717, 1.165) is 42.1 Å². The molecule has 0 N–H and O–H groups in total. The van der Waals surface area contributed by atoms with Crippen molar-refractivity contribution in [3.05, 3.63) is 99.3 Å². The van der Waals surface area contributed by atoms with E-state index in [-0.39, 0.29) is 11.3 Å². The molecule has 5 rings (SSSR count). The molecular weight excluding hydrogens is 481 g/mol. The summed E-state index contributed by atoms with van der Waals surface area (Å²) < 4.78 is 7.52. The topological polar surface area (TPSA) is 83.5 Å². The number of benzene rings is 2. The van der Waals surface area contributed by atoms with Crippen molar-refractivity contribution in [1.82, 2.24) is 14.7 Å². The second-order valence-corrected chi connectivity index (χ2v) is 10.8. The van der Waals surface area contributed by atoms with E-state index in [1.54, 1.807) is 18.2 Å². The minimum absolute atomic E-state index is 0.0559. The van der Waals surface area contributed by atoms with Gasteiger partial charge in [-0.05, 0) is 74.0 Å². The van der Waals surface area contributed by atoms with E-state index >= 15 is 0 Å². The SMILES string of the molecule is CN1CCC(COC2=CPC(c3cccc(Cn4nc(-c5cccc(C#N)c5)ccc4=O)c3)N=C2)CC1. The molecule has 0 amide bonds. The molecule has 3 heterocycles. The quantitative estimate of drug-likeness (QED) is 0.426. The lowest BCUT2D eigenvalue weighted by atomic mass is 9.98. The van der Waals surface area contributed by atoms with Gasteiger partial charge in [-0.1, -0.05) is 45.0 Å². The van der Waals surface area contributed by atoms with Gasteiger partial charge < -0.3 is 9.64 Å². The summed E-state index contributed by atoms with van der Waals surface area (Å²) in [5, 5.41) is 13.8. The van der Waals surface area contributed by atoms with Gasteiger partial charge in [0.2, 0.25) is 0 Å². The standard InChI is InChI=1S/C29H30N5O2P/c1-33-12-10-21(11-13-33)19-36-26-17-31-29(37-20-26)25-7-3-5-23(15-25)18-34-28(35)9-8-27(32-34)24-6-2-4-22(14-24)16-30/h2-9,14-15,17,20-21,29,37H,10-13,18-19H2,1H3. The maximum Gasteiger partial charge on any atom is 0.267 e. The van der Waals surface area contributed by atoms with Gasteiger partial charge in [0.25, 0.3) is 5.56 Å². The van der Waals surface area contributed by atoms with Gasteiger partial charge in [-0.15, -0.1) is 0 Å². The maximum atomic E-state index is 12.5. The summed E-state index contributed by atoms with van der Waals surface area (Å²) in [6.45, 7) is 3.40. The van der Waals surface area contributed by atoms with Crippen LogP contribution in [-0.4, -0.2) is 47.6 Å². The van der Waals surface area contributed by atoms with E-state index < -0.39 is 0 Å². The molecule has 2 unspecified atom stereocenters. The van der Waals surface area contributed by atoms with Gasteiger partial charge in [0.1, 0.15) is 5.76 Å². The summed E-state index contributed by atoms with van der Waals surface area (Å²) in [6, 6.07) is 20.8. The van der Waals surface area contributed by atoms with Gasteiger partial charge in [0.05, 0.1) is 42.5 Å². The van der Waals surface area contributed by atoms with Crippen LogP contribution in [-0.2, 0) is 11.3 Å². The fourth-order valence-corrected chi connectivity index (χ4v) is 5.60. The Morgan fingerprint density at radius 2 is 1.95 bits per heavy atom. The first-order valence-electron chi connectivity index (χ1n) is 12.6. The molecule has 7 nitrogen and oxygen atoms in total. The van der Waals surface area contributed by atoms with E-state index in [1.165, 1.54) is 23.6 Å². The van der Waals surface area contributed by atoms with Crippen LogP contribution >= 0.6 is 8.58 Å². The lowest BCUT2D eigenvalue weighted by Gasteiger charge is -2.29. The van der Waals surface area contributed by atoms with Crippen molar-refractivity contribution in [2.24, 2.45) is 10.9 Å². The molecule has 1 saturated heterocycles. The fourth-order valence-electron chi connectivity index (χ4n) is 4.59. The molecule has 0 bridgehead atoms. The first-order chi connectivity index (χ1) is 18.1. The lowest BCUT2D eigenvalue weighted by Crippen LogP contribution is -2.32. The van der Waals surface area contributed by atoms with Crippen molar-refractivity contribution in [3.8, 4) is 17.3 Å². The van der Waals surface area contributed by atoms with Gasteiger partial charge in [0, 0.05) is 11.6 Å². The zero-order chi connectivity index (χ0) is 25.6. The Bertz CT molecular complexity index is 1420. The van der Waals surface area contributed by atoms with Crippen molar-refractivity contribution in [2.75, 3.05) is 26.7 Å². The molecular formula is C29H30N5O2P. The maximum absolute atomic E-state index is 12.5. The smallest absolute Gasteiger partial charge is 0.267 e. The van der Waals surface area contributed by atoms with Crippen molar-refractivity contribution >= 4 is 14.8 Å². The second kappa shape index (κ2) is 11.6. The average Bonchev–Trinajstić information content (AvgIpc) is 2.94. The van der Waals surface area contributed by atoms with Crippen molar-refractivity contribution in [1.29, 1.82) is 5.26 Å². The molecule has 188 valence electrons. The highest BCUT2D eigenvalue weighted by Gasteiger charge is 2.19. The summed E-state index contributed by atoms with van der Waals surface area (Å²) in [4.78, 5) is 19.7. The van der Waals surface area contributed by atoms with Crippen LogP contribution in [0.15, 0.2) is 82.0 Å². The summed E-state index contributed by atoms with van der Waals surface area (Å²) >= 11 is 0. The summed E-state index contributed by atoms with van der Waals surface area (Å²) in [5.74, 6) is 3.71. The number of aromatic nitrogens is 2. The molecule has 2 atom stereocenters. The molecule has 0 spiro atoms. The number of piperidine rings is 1. The highest BCUT2D eigenvalue weighted by Crippen LogP contribution is 2.40. The Hall–Kier alpha value is -3.59. The average molecular weight is 512 g/mol. The van der Waals surface area contributed by atoms with Crippen LogP contribution in [0.4, 0.5) is 0 Å². The van der Waals surface area contributed by atoms with Crippen LogP contribution in [0.3, 0.4) is 0 Å². The molecule has 0 aliphatic carbocycles. The number of nitriles is 1. The monoisotopic (exact) mass is 511 g/mol. The molecule has 1 aromatic heterocycles. The number of allylic oxidation sites excluding steroid dienone is 1. The second-order valence-electron chi connectivity index (χ2n) is 9.60. The third kappa shape index (κ3) is 6.40. The minimum Gasteiger partial charge on any atom is -0.492 e. The van der Waals surface area contributed by atoms with Crippen LogP contribution in [0.5, 0.6) is 0 Å². The minimum atomic E-state index is -0.169. The normalized spacial score (nSPS) is 18.9. The van der Waals surface area contributed by atoms with Gasteiger partial charge in [-0.2, -0.15) is 10.4 Å².